The Morgan fingerprint density at radius 2 is 2.38 bits per heavy atom. The summed E-state index contributed by atoms with van der Waals surface area (Å²) in [5.41, 5.74) is 6.03. The van der Waals surface area contributed by atoms with Gasteiger partial charge in [0.2, 0.25) is 0 Å². The maximum absolute atomic E-state index is 10.7. The maximum atomic E-state index is 10.7. The van der Waals surface area contributed by atoms with Crippen molar-refractivity contribution >= 4 is 17.5 Å². The largest absolute Gasteiger partial charge is 0.477 e. The van der Waals surface area contributed by atoms with Crippen molar-refractivity contribution in [2.45, 2.75) is 6.92 Å². The van der Waals surface area contributed by atoms with Crippen molar-refractivity contribution in [2.24, 2.45) is 0 Å². The third kappa shape index (κ3) is 3.39. The Hall–Kier alpha value is -1.82. The van der Waals surface area contributed by atoms with Crippen LogP contribution in [0.25, 0.3) is 0 Å². The summed E-state index contributed by atoms with van der Waals surface area (Å²) >= 11 is 0. The van der Waals surface area contributed by atoms with E-state index in [1.807, 2.05) is 6.92 Å². The number of aromatic carboxylic acids is 1. The topological polar surface area (TPSA) is 97.5 Å². The van der Waals surface area contributed by atoms with Crippen LogP contribution >= 0.6 is 0 Å². The summed E-state index contributed by atoms with van der Waals surface area (Å²) in [5, 5.41) is 11.7. The molecule has 0 unspecified atom stereocenters. The number of nitrogens with zero attached hydrogens (tertiary/aromatic N) is 1. The van der Waals surface area contributed by atoms with Gasteiger partial charge in [0.25, 0.3) is 0 Å². The standard InChI is InChI=1S/C10H15N3O3/c1-2-16-6-5-12-9-7(11)3-4-8(13-9)10(14)15/h3-4H,2,5-6,11H2,1H3,(H,12,13)(H,14,15). The maximum Gasteiger partial charge on any atom is 0.354 e. The molecule has 0 bridgehead atoms. The molecule has 88 valence electrons. The monoisotopic (exact) mass is 225 g/mol. The van der Waals surface area contributed by atoms with Crippen molar-refractivity contribution in [2.75, 3.05) is 30.8 Å². The van der Waals surface area contributed by atoms with Gasteiger partial charge in [0.05, 0.1) is 12.3 Å². The molecule has 0 aliphatic carbocycles. The molecule has 0 radical (unpaired) electrons. The molecule has 0 spiro atoms. The highest BCUT2D eigenvalue weighted by Gasteiger charge is 2.07. The minimum absolute atomic E-state index is 0.0342. The van der Waals surface area contributed by atoms with E-state index in [0.717, 1.165) is 0 Å². The van der Waals surface area contributed by atoms with Crippen molar-refractivity contribution in [1.29, 1.82) is 0 Å². The minimum Gasteiger partial charge on any atom is -0.477 e. The number of pyridine rings is 1. The normalized spacial score (nSPS) is 10.1. The average Bonchev–Trinajstić information content (AvgIpc) is 2.26. The number of nitrogen functional groups attached to an aromatic ring is 1. The molecule has 0 aromatic carbocycles. The number of anilines is 2. The molecule has 6 nitrogen and oxygen atoms in total. The van der Waals surface area contributed by atoms with E-state index in [-0.39, 0.29) is 5.69 Å². The van der Waals surface area contributed by atoms with Gasteiger partial charge in [0, 0.05) is 13.2 Å². The van der Waals surface area contributed by atoms with Gasteiger partial charge in [0.1, 0.15) is 5.82 Å². The smallest absolute Gasteiger partial charge is 0.354 e. The molecule has 0 aliphatic rings. The van der Waals surface area contributed by atoms with Crippen molar-refractivity contribution in [1.82, 2.24) is 4.98 Å². The zero-order chi connectivity index (χ0) is 12.0. The molecule has 4 N–H and O–H groups in total. The third-order valence-electron chi connectivity index (χ3n) is 1.89. The molecule has 16 heavy (non-hydrogen) atoms. The Balaban J connectivity index is 2.63. The molecule has 1 heterocycles. The van der Waals surface area contributed by atoms with Gasteiger partial charge in [-0.1, -0.05) is 0 Å². The first-order chi connectivity index (χ1) is 7.65. The van der Waals surface area contributed by atoms with Gasteiger partial charge in [-0.15, -0.1) is 0 Å². The van der Waals surface area contributed by atoms with E-state index in [2.05, 4.69) is 10.3 Å². The highest BCUT2D eigenvalue weighted by atomic mass is 16.5. The lowest BCUT2D eigenvalue weighted by Gasteiger charge is -2.08. The number of ether oxygens (including phenoxy) is 1. The fourth-order valence-corrected chi connectivity index (χ4v) is 1.12. The van der Waals surface area contributed by atoms with E-state index in [1.165, 1.54) is 12.1 Å². The summed E-state index contributed by atoms with van der Waals surface area (Å²) in [5.74, 6) is -0.701. The molecule has 1 rings (SSSR count). The van der Waals surface area contributed by atoms with E-state index < -0.39 is 5.97 Å². The average molecular weight is 225 g/mol. The van der Waals surface area contributed by atoms with Crippen LogP contribution in [0.1, 0.15) is 17.4 Å². The van der Waals surface area contributed by atoms with Crippen molar-refractivity contribution in [3.63, 3.8) is 0 Å². The van der Waals surface area contributed by atoms with Crippen LogP contribution < -0.4 is 11.1 Å². The number of carboxylic acids is 1. The highest BCUT2D eigenvalue weighted by Crippen LogP contribution is 2.15. The second-order valence-electron chi connectivity index (χ2n) is 3.06. The molecule has 0 amide bonds. The first-order valence-corrected chi connectivity index (χ1v) is 4.96. The molecule has 0 saturated carbocycles. The van der Waals surface area contributed by atoms with Crippen molar-refractivity contribution < 1.29 is 14.6 Å². The number of hydrogen-bond acceptors (Lipinski definition) is 5. The van der Waals surface area contributed by atoms with Gasteiger partial charge in [-0.2, -0.15) is 0 Å². The Morgan fingerprint density at radius 1 is 1.62 bits per heavy atom. The Labute approximate surface area is 93.4 Å². The number of nitrogens with one attached hydrogen (secondary N) is 1. The third-order valence-corrected chi connectivity index (χ3v) is 1.89. The number of carboxylic acid groups (broad SMARTS) is 1. The number of rotatable bonds is 6. The van der Waals surface area contributed by atoms with E-state index >= 15 is 0 Å². The summed E-state index contributed by atoms with van der Waals surface area (Å²) in [6.45, 7) is 3.60. The molecule has 0 atom stereocenters. The Morgan fingerprint density at radius 3 is 3.00 bits per heavy atom. The highest BCUT2D eigenvalue weighted by molar-refractivity contribution is 5.86. The predicted molar refractivity (Wildman–Crippen MR) is 60.6 cm³/mol. The van der Waals surface area contributed by atoms with Gasteiger partial charge in [-0.3, -0.25) is 0 Å². The van der Waals surface area contributed by atoms with Crippen LogP contribution in [-0.2, 0) is 4.74 Å². The fraction of sp³-hybridized carbons (Fsp3) is 0.400. The molecule has 0 aliphatic heterocycles. The summed E-state index contributed by atoms with van der Waals surface area (Å²) in [4.78, 5) is 14.6. The minimum atomic E-state index is -1.08. The van der Waals surface area contributed by atoms with Crippen molar-refractivity contribution in [3.8, 4) is 0 Å². The molecular weight excluding hydrogens is 210 g/mol. The molecule has 6 heteroatoms. The van der Waals surface area contributed by atoms with E-state index in [9.17, 15) is 4.79 Å². The zero-order valence-corrected chi connectivity index (χ0v) is 9.06. The second-order valence-corrected chi connectivity index (χ2v) is 3.06. The van der Waals surface area contributed by atoms with Crippen LogP contribution in [0.4, 0.5) is 11.5 Å². The summed E-state index contributed by atoms with van der Waals surface area (Å²) in [7, 11) is 0. The molecular formula is C10H15N3O3. The zero-order valence-electron chi connectivity index (χ0n) is 9.06. The van der Waals surface area contributed by atoms with E-state index in [1.54, 1.807) is 0 Å². The van der Waals surface area contributed by atoms with E-state index in [4.69, 9.17) is 15.6 Å². The number of hydrogen-bond donors (Lipinski definition) is 3. The second kappa shape index (κ2) is 5.92. The van der Waals surface area contributed by atoms with Gasteiger partial charge in [-0.05, 0) is 19.1 Å². The van der Waals surface area contributed by atoms with Gasteiger partial charge in [0.15, 0.2) is 5.69 Å². The summed E-state index contributed by atoms with van der Waals surface area (Å²) in [6, 6.07) is 2.88. The first-order valence-electron chi connectivity index (χ1n) is 4.96. The lowest BCUT2D eigenvalue weighted by atomic mass is 10.3. The van der Waals surface area contributed by atoms with Crippen LogP contribution in [0.3, 0.4) is 0 Å². The fourth-order valence-electron chi connectivity index (χ4n) is 1.12. The van der Waals surface area contributed by atoms with Crippen molar-refractivity contribution in [3.05, 3.63) is 17.8 Å². The quantitative estimate of drug-likeness (QED) is 0.620. The SMILES string of the molecule is CCOCCNc1nc(C(=O)O)ccc1N. The molecule has 1 aromatic rings. The Bertz CT molecular complexity index is 368. The van der Waals surface area contributed by atoms with Gasteiger partial charge in [-0.25, -0.2) is 9.78 Å². The van der Waals surface area contributed by atoms with Crippen LogP contribution in [0.2, 0.25) is 0 Å². The first kappa shape index (κ1) is 12.3. The number of nitrogens with two attached hydrogens (primary N) is 1. The molecule has 0 saturated heterocycles. The number of aromatic nitrogens is 1. The lowest BCUT2D eigenvalue weighted by molar-refractivity contribution is 0.0690. The Kier molecular flexibility index (Phi) is 4.53. The lowest BCUT2D eigenvalue weighted by Crippen LogP contribution is -2.13. The van der Waals surface area contributed by atoms with Gasteiger partial charge >= 0.3 is 5.97 Å². The predicted octanol–water partition coefficient (Wildman–Crippen LogP) is 0.810. The molecule has 0 fully saturated rings. The van der Waals surface area contributed by atoms with Gasteiger partial charge < -0.3 is 20.9 Å². The summed E-state index contributed by atoms with van der Waals surface area (Å²) < 4.78 is 5.13. The van der Waals surface area contributed by atoms with Crippen LogP contribution in [-0.4, -0.2) is 35.8 Å². The summed E-state index contributed by atoms with van der Waals surface area (Å²) in [6.07, 6.45) is 0. The van der Waals surface area contributed by atoms with Crippen LogP contribution in [0.5, 0.6) is 0 Å². The van der Waals surface area contributed by atoms with E-state index in [0.29, 0.717) is 31.3 Å². The number of carbonyl (C=O) groups is 1. The van der Waals surface area contributed by atoms with Crippen LogP contribution in [0, 0.1) is 0 Å². The molecule has 1 aromatic heterocycles. The van der Waals surface area contributed by atoms with Crippen LogP contribution in [0.15, 0.2) is 12.1 Å².